The van der Waals surface area contributed by atoms with E-state index < -0.39 is 19.2 Å². The van der Waals surface area contributed by atoms with Crippen molar-refractivity contribution in [2.75, 3.05) is 14.2 Å². The highest BCUT2D eigenvalue weighted by Crippen LogP contribution is 2.52. The van der Waals surface area contributed by atoms with Crippen LogP contribution >= 0.6 is 7.60 Å². The second-order valence-electron chi connectivity index (χ2n) is 2.17. The average molecular weight is 196 g/mol. The first-order chi connectivity index (χ1) is 5.51. The normalized spacial score (nSPS) is 14.2. The fourth-order valence-corrected chi connectivity index (χ4v) is 2.24. The van der Waals surface area contributed by atoms with Crippen molar-refractivity contribution in [2.24, 2.45) is 0 Å². The van der Waals surface area contributed by atoms with Crippen LogP contribution in [0.15, 0.2) is 0 Å². The predicted octanol–water partition coefficient (Wildman–Crippen LogP) is 1.34. The third-order valence-electron chi connectivity index (χ3n) is 1.56. The maximum absolute atomic E-state index is 11.5. The van der Waals surface area contributed by atoms with E-state index in [1.54, 1.807) is 6.92 Å². The molecule has 0 aliphatic heterocycles. The van der Waals surface area contributed by atoms with E-state index in [-0.39, 0.29) is 6.42 Å². The van der Waals surface area contributed by atoms with Gasteiger partial charge in [0.05, 0.1) is 0 Å². The van der Waals surface area contributed by atoms with Gasteiger partial charge in [-0.1, -0.05) is 6.92 Å². The van der Waals surface area contributed by atoms with Crippen molar-refractivity contribution in [3.63, 3.8) is 0 Å². The Bertz CT molecular complexity index is 194. The highest BCUT2D eigenvalue weighted by molar-refractivity contribution is 7.55. The van der Waals surface area contributed by atoms with Gasteiger partial charge in [0.2, 0.25) is 0 Å². The third kappa shape index (κ3) is 2.30. The number of rotatable bonds is 5. The van der Waals surface area contributed by atoms with Crippen molar-refractivity contribution in [3.8, 4) is 0 Å². The molecular formula is C6H13O5P. The lowest BCUT2D eigenvalue weighted by atomic mass is 10.3. The van der Waals surface area contributed by atoms with Crippen LogP contribution in [0.5, 0.6) is 0 Å². The molecule has 0 aromatic heterocycles. The number of hydrogen-bond donors (Lipinski definition) is 1. The Balaban J connectivity index is 4.68. The number of aliphatic carboxylic acids is 1. The molecule has 0 spiro atoms. The van der Waals surface area contributed by atoms with Crippen LogP contribution in [0.3, 0.4) is 0 Å². The van der Waals surface area contributed by atoms with Crippen LogP contribution < -0.4 is 0 Å². The molecule has 6 heteroatoms. The molecule has 0 bridgehead atoms. The molecule has 1 N–H and O–H groups in total. The highest BCUT2D eigenvalue weighted by Gasteiger charge is 2.38. The van der Waals surface area contributed by atoms with Crippen molar-refractivity contribution in [3.05, 3.63) is 0 Å². The lowest BCUT2D eigenvalue weighted by molar-refractivity contribution is -0.137. The van der Waals surface area contributed by atoms with E-state index in [4.69, 9.17) is 5.11 Å². The van der Waals surface area contributed by atoms with E-state index in [1.807, 2.05) is 0 Å². The Labute approximate surface area is 71.2 Å². The zero-order valence-corrected chi connectivity index (χ0v) is 8.21. The van der Waals surface area contributed by atoms with Gasteiger partial charge in [-0.25, -0.2) is 0 Å². The minimum atomic E-state index is -3.45. The molecule has 0 fully saturated rings. The minimum Gasteiger partial charge on any atom is -0.481 e. The molecule has 0 saturated heterocycles. The fourth-order valence-electron chi connectivity index (χ4n) is 0.863. The molecule has 0 aliphatic carbocycles. The summed E-state index contributed by atoms with van der Waals surface area (Å²) in [4.78, 5) is 10.6. The topological polar surface area (TPSA) is 72.8 Å². The van der Waals surface area contributed by atoms with E-state index >= 15 is 0 Å². The first-order valence-corrected chi connectivity index (χ1v) is 5.07. The molecule has 0 aliphatic rings. The first-order valence-electron chi connectivity index (χ1n) is 3.45. The second-order valence-corrected chi connectivity index (χ2v) is 4.60. The summed E-state index contributed by atoms with van der Waals surface area (Å²) in [5, 5.41) is 8.64. The SMILES string of the molecule is CC[C@H](C(=O)O)P(=O)(OC)OC. The van der Waals surface area contributed by atoms with E-state index in [0.717, 1.165) is 0 Å². The first kappa shape index (κ1) is 11.6. The van der Waals surface area contributed by atoms with Crippen LogP contribution in [0.1, 0.15) is 13.3 Å². The van der Waals surface area contributed by atoms with Gasteiger partial charge < -0.3 is 14.2 Å². The zero-order chi connectivity index (χ0) is 9.78. The highest BCUT2D eigenvalue weighted by atomic mass is 31.2. The maximum Gasteiger partial charge on any atom is 0.344 e. The van der Waals surface area contributed by atoms with Gasteiger partial charge in [0.25, 0.3) is 0 Å². The molecule has 0 unspecified atom stereocenters. The van der Waals surface area contributed by atoms with Gasteiger partial charge in [0.1, 0.15) is 0 Å². The summed E-state index contributed by atoms with van der Waals surface area (Å²) < 4.78 is 20.6. The van der Waals surface area contributed by atoms with Crippen LogP contribution in [0.4, 0.5) is 0 Å². The third-order valence-corrected chi connectivity index (χ3v) is 3.93. The number of hydrogen-bond acceptors (Lipinski definition) is 4. The zero-order valence-electron chi connectivity index (χ0n) is 7.31. The van der Waals surface area contributed by atoms with Gasteiger partial charge in [0, 0.05) is 14.2 Å². The minimum absolute atomic E-state index is 0.217. The Morgan fingerprint density at radius 1 is 1.50 bits per heavy atom. The lowest BCUT2D eigenvalue weighted by Crippen LogP contribution is -2.21. The smallest absolute Gasteiger partial charge is 0.344 e. The summed E-state index contributed by atoms with van der Waals surface area (Å²) in [7, 11) is -1.09. The summed E-state index contributed by atoms with van der Waals surface area (Å²) in [6.45, 7) is 1.61. The van der Waals surface area contributed by atoms with Gasteiger partial charge in [0.15, 0.2) is 5.66 Å². The molecule has 0 aromatic carbocycles. The summed E-state index contributed by atoms with van der Waals surface area (Å²) in [6, 6.07) is 0. The van der Waals surface area contributed by atoms with Gasteiger partial charge in [-0.15, -0.1) is 0 Å². The molecular weight excluding hydrogens is 183 g/mol. The van der Waals surface area contributed by atoms with Crippen molar-refractivity contribution in [1.29, 1.82) is 0 Å². The van der Waals surface area contributed by atoms with Crippen molar-refractivity contribution in [1.82, 2.24) is 0 Å². The van der Waals surface area contributed by atoms with Gasteiger partial charge >= 0.3 is 13.6 Å². The molecule has 0 saturated carbocycles. The number of carboxylic acid groups (broad SMARTS) is 1. The monoisotopic (exact) mass is 196 g/mol. The standard InChI is InChI=1S/C6H13O5P/c1-4-5(6(7)8)12(9,10-2)11-3/h5H,4H2,1-3H3,(H,7,8)/t5-/m1/s1. The van der Waals surface area contributed by atoms with E-state index in [1.165, 1.54) is 14.2 Å². The molecule has 0 radical (unpaired) electrons. The molecule has 12 heavy (non-hydrogen) atoms. The summed E-state index contributed by atoms with van der Waals surface area (Å²) >= 11 is 0. The van der Waals surface area contributed by atoms with Crippen LogP contribution in [0, 0.1) is 0 Å². The van der Waals surface area contributed by atoms with Crippen LogP contribution in [-0.2, 0) is 18.4 Å². The number of carboxylic acids is 1. The van der Waals surface area contributed by atoms with Crippen molar-refractivity contribution >= 4 is 13.6 Å². The van der Waals surface area contributed by atoms with Crippen LogP contribution in [-0.4, -0.2) is 31.0 Å². The molecule has 0 rings (SSSR count). The summed E-state index contributed by atoms with van der Waals surface area (Å²) in [5.41, 5.74) is -1.08. The average Bonchev–Trinajstić information content (AvgIpc) is 2.04. The van der Waals surface area contributed by atoms with Gasteiger partial charge in [-0.05, 0) is 6.42 Å². The van der Waals surface area contributed by atoms with Crippen LogP contribution in [0.2, 0.25) is 0 Å². The van der Waals surface area contributed by atoms with Gasteiger partial charge in [-0.3, -0.25) is 9.36 Å². The fraction of sp³-hybridized carbons (Fsp3) is 0.833. The lowest BCUT2D eigenvalue weighted by Gasteiger charge is -2.19. The predicted molar refractivity (Wildman–Crippen MR) is 43.3 cm³/mol. The van der Waals surface area contributed by atoms with E-state index in [2.05, 4.69) is 9.05 Å². The number of carbonyl (C=O) groups is 1. The maximum atomic E-state index is 11.5. The molecule has 1 atom stereocenters. The van der Waals surface area contributed by atoms with Crippen LogP contribution in [0.25, 0.3) is 0 Å². The summed E-state index contributed by atoms with van der Waals surface area (Å²) in [5.74, 6) is -1.16. The molecule has 0 aromatic rings. The Morgan fingerprint density at radius 3 is 2.00 bits per heavy atom. The largest absolute Gasteiger partial charge is 0.481 e. The van der Waals surface area contributed by atoms with E-state index in [0.29, 0.717) is 0 Å². The Hall–Kier alpha value is -0.380. The van der Waals surface area contributed by atoms with E-state index in [9.17, 15) is 9.36 Å². The quantitative estimate of drug-likeness (QED) is 0.671. The summed E-state index contributed by atoms with van der Waals surface area (Å²) in [6.07, 6.45) is 0.217. The van der Waals surface area contributed by atoms with Gasteiger partial charge in [-0.2, -0.15) is 0 Å². The Morgan fingerprint density at radius 2 is 1.92 bits per heavy atom. The van der Waals surface area contributed by atoms with Crippen molar-refractivity contribution < 1.29 is 23.5 Å². The van der Waals surface area contributed by atoms with Crippen molar-refractivity contribution in [2.45, 2.75) is 19.0 Å². The Kier molecular flexibility index (Phi) is 4.45. The molecule has 5 nitrogen and oxygen atoms in total. The molecule has 0 amide bonds. The second kappa shape index (κ2) is 4.60. The molecule has 72 valence electrons. The molecule has 0 heterocycles.